The van der Waals surface area contributed by atoms with Crippen molar-refractivity contribution >= 4 is 52.6 Å². The highest BCUT2D eigenvalue weighted by Gasteiger charge is 2.56. The Labute approximate surface area is 255 Å². The third kappa shape index (κ3) is 5.11. The van der Waals surface area contributed by atoms with Crippen LogP contribution in [0.15, 0.2) is 85.1 Å². The maximum atomic E-state index is 7.61. The van der Waals surface area contributed by atoms with Gasteiger partial charge >= 0.3 is 0 Å². The molecule has 0 aliphatic carbocycles. The molecule has 2 N–H and O–H groups in total. The summed E-state index contributed by atoms with van der Waals surface area (Å²) in [5.74, 6) is 0.515. The molecule has 3 heterocycles. The Balaban J connectivity index is 1.28. The van der Waals surface area contributed by atoms with Gasteiger partial charge in [0.2, 0.25) is 0 Å². The first-order valence-electron chi connectivity index (χ1n) is 14.8. The summed E-state index contributed by atoms with van der Waals surface area (Å²) in [6.07, 6.45) is 1.72. The van der Waals surface area contributed by atoms with Gasteiger partial charge in [0.1, 0.15) is 5.82 Å². The number of benzene rings is 3. The maximum absolute atomic E-state index is 7.61. The summed E-state index contributed by atoms with van der Waals surface area (Å²) >= 11 is 6.77. The number of hydrogen-bond donors (Lipinski definition) is 1. The van der Waals surface area contributed by atoms with Gasteiger partial charge in [0.25, 0.3) is 8.32 Å². The predicted octanol–water partition coefficient (Wildman–Crippen LogP) is 5.33. The molecule has 0 amide bonds. The SMILES string of the molecule is CC1(N2CCN(c3cc4cc(N)ncc4cc3Cl)CC2)COCC1O[Si](c1ccccc1)(c1ccccc1)C(C)(C)C. The second-order valence-electron chi connectivity index (χ2n) is 12.9. The van der Waals surface area contributed by atoms with Crippen molar-refractivity contribution in [2.75, 3.05) is 50.0 Å². The smallest absolute Gasteiger partial charge is 0.261 e. The Morgan fingerprint density at radius 3 is 2.14 bits per heavy atom. The Morgan fingerprint density at radius 1 is 0.929 bits per heavy atom. The van der Waals surface area contributed by atoms with E-state index in [0.29, 0.717) is 19.0 Å². The molecule has 6 rings (SSSR count). The van der Waals surface area contributed by atoms with Crippen LogP contribution in [0.5, 0.6) is 0 Å². The van der Waals surface area contributed by atoms with Crippen molar-refractivity contribution < 1.29 is 9.16 Å². The van der Waals surface area contributed by atoms with Crippen LogP contribution < -0.4 is 21.0 Å². The lowest BCUT2D eigenvalue weighted by Crippen LogP contribution is -2.71. The second kappa shape index (κ2) is 11.3. The Kier molecular flexibility index (Phi) is 7.83. The topological polar surface area (TPSA) is 63.9 Å². The minimum absolute atomic E-state index is 0.0601. The van der Waals surface area contributed by atoms with E-state index in [2.05, 4.69) is 109 Å². The fraction of sp³-hybridized carbons (Fsp3) is 0.382. The highest BCUT2D eigenvalue weighted by atomic mass is 35.5. The third-order valence-corrected chi connectivity index (χ3v) is 14.6. The molecule has 42 heavy (non-hydrogen) atoms. The highest BCUT2D eigenvalue weighted by molar-refractivity contribution is 6.99. The van der Waals surface area contributed by atoms with Gasteiger partial charge in [-0.05, 0) is 45.9 Å². The first-order valence-corrected chi connectivity index (χ1v) is 17.1. The van der Waals surface area contributed by atoms with Crippen molar-refractivity contribution in [3.8, 4) is 0 Å². The zero-order chi connectivity index (χ0) is 29.5. The van der Waals surface area contributed by atoms with Crippen molar-refractivity contribution in [2.24, 2.45) is 0 Å². The summed E-state index contributed by atoms with van der Waals surface area (Å²) < 4.78 is 13.9. The largest absolute Gasteiger partial charge is 0.400 e. The van der Waals surface area contributed by atoms with Crippen LogP contribution in [0.4, 0.5) is 11.5 Å². The zero-order valence-electron chi connectivity index (χ0n) is 25.0. The van der Waals surface area contributed by atoms with Gasteiger partial charge in [0.05, 0.1) is 35.6 Å². The first-order chi connectivity index (χ1) is 20.1. The summed E-state index contributed by atoms with van der Waals surface area (Å²) in [6, 6.07) is 27.8. The van der Waals surface area contributed by atoms with Crippen LogP contribution >= 0.6 is 11.6 Å². The van der Waals surface area contributed by atoms with Gasteiger partial charge in [-0.1, -0.05) is 93.0 Å². The molecule has 8 heteroatoms. The molecule has 2 aliphatic heterocycles. The minimum atomic E-state index is -2.72. The van der Waals surface area contributed by atoms with E-state index >= 15 is 0 Å². The molecule has 0 saturated carbocycles. The van der Waals surface area contributed by atoms with E-state index in [-0.39, 0.29) is 16.7 Å². The second-order valence-corrected chi connectivity index (χ2v) is 17.5. The summed E-state index contributed by atoms with van der Waals surface area (Å²) in [6.45, 7) is 14.1. The van der Waals surface area contributed by atoms with Gasteiger partial charge in [-0.3, -0.25) is 4.90 Å². The average Bonchev–Trinajstić information content (AvgIpc) is 3.36. The van der Waals surface area contributed by atoms with Gasteiger partial charge in [-0.15, -0.1) is 0 Å². The molecule has 2 unspecified atom stereocenters. The minimum Gasteiger partial charge on any atom is -0.400 e. The van der Waals surface area contributed by atoms with Crippen LogP contribution in [0.3, 0.4) is 0 Å². The molecule has 2 atom stereocenters. The molecule has 2 saturated heterocycles. The van der Waals surface area contributed by atoms with Crippen LogP contribution in [0.25, 0.3) is 10.8 Å². The first kappa shape index (κ1) is 29.1. The summed E-state index contributed by atoms with van der Waals surface area (Å²) in [5, 5.41) is 5.29. The van der Waals surface area contributed by atoms with Gasteiger partial charge in [0, 0.05) is 37.8 Å². The number of halogens is 1. The maximum Gasteiger partial charge on any atom is 0.261 e. The molecular weight excluding hydrogens is 560 g/mol. The standard InChI is InChI=1S/C34H41ClN4O2Si/c1-33(2,3)42(27-11-7-5-8-12-27,28-13-9-6-10-14-28)41-31-23-40-24-34(31,4)39-17-15-38(16-18-39)30-20-25-21-32(36)37-22-26(25)19-29(30)35/h5-14,19-22,31H,15-18,23-24H2,1-4H3,(H2,36,37). The van der Waals surface area contributed by atoms with Crippen LogP contribution in [0.1, 0.15) is 27.7 Å². The molecule has 2 aliphatic rings. The average molecular weight is 601 g/mol. The van der Waals surface area contributed by atoms with E-state index in [0.717, 1.165) is 47.7 Å². The van der Waals surface area contributed by atoms with Crippen molar-refractivity contribution in [3.05, 3.63) is 90.1 Å². The number of anilines is 2. The Morgan fingerprint density at radius 2 is 1.55 bits per heavy atom. The molecule has 4 aromatic rings. The van der Waals surface area contributed by atoms with E-state index in [1.165, 1.54) is 10.4 Å². The number of ether oxygens (including phenoxy) is 1. The molecular formula is C34H41ClN4O2Si. The third-order valence-electron chi connectivity index (χ3n) is 9.24. The number of nitrogen functional groups attached to an aromatic ring is 1. The molecule has 1 aromatic heterocycles. The quantitative estimate of drug-likeness (QED) is 0.302. The van der Waals surface area contributed by atoms with Gasteiger partial charge < -0.3 is 19.8 Å². The zero-order valence-corrected chi connectivity index (χ0v) is 26.8. The fourth-order valence-electron chi connectivity index (χ4n) is 6.88. The number of pyridine rings is 1. The molecule has 0 spiro atoms. The van der Waals surface area contributed by atoms with Crippen LogP contribution in [-0.2, 0) is 9.16 Å². The van der Waals surface area contributed by atoms with Crippen LogP contribution in [-0.4, -0.2) is 69.2 Å². The number of nitrogens with zero attached hydrogens (tertiary/aromatic N) is 3. The number of rotatable bonds is 6. The number of aromatic nitrogens is 1. The molecule has 2 fully saturated rings. The van der Waals surface area contributed by atoms with E-state index in [9.17, 15) is 0 Å². The van der Waals surface area contributed by atoms with Gasteiger partial charge in [-0.2, -0.15) is 0 Å². The normalized spacial score (nSPS) is 22.1. The molecule has 0 bridgehead atoms. The molecule has 220 valence electrons. The van der Waals surface area contributed by atoms with Crippen molar-refractivity contribution in [2.45, 2.75) is 44.4 Å². The number of piperazine rings is 1. The summed E-state index contributed by atoms with van der Waals surface area (Å²) in [4.78, 5) is 9.18. The fourth-order valence-corrected chi connectivity index (χ4v) is 11.9. The van der Waals surface area contributed by atoms with E-state index in [4.69, 9.17) is 26.5 Å². The van der Waals surface area contributed by atoms with E-state index < -0.39 is 8.32 Å². The number of fused-ring (bicyclic) bond motifs is 1. The lowest BCUT2D eigenvalue weighted by Gasteiger charge is -2.50. The van der Waals surface area contributed by atoms with Crippen molar-refractivity contribution in [1.29, 1.82) is 0 Å². The summed E-state index contributed by atoms with van der Waals surface area (Å²) in [7, 11) is -2.72. The Bertz CT molecular complexity index is 1500. The number of nitrogens with two attached hydrogens (primary N) is 1. The van der Waals surface area contributed by atoms with Crippen molar-refractivity contribution in [1.82, 2.24) is 9.88 Å². The lowest BCUT2D eigenvalue weighted by atomic mass is 9.95. The van der Waals surface area contributed by atoms with E-state index in [1.54, 1.807) is 6.20 Å². The van der Waals surface area contributed by atoms with Gasteiger partial charge in [0.15, 0.2) is 0 Å². The molecule has 0 radical (unpaired) electrons. The monoisotopic (exact) mass is 600 g/mol. The lowest BCUT2D eigenvalue weighted by molar-refractivity contribution is 0.0165. The predicted molar refractivity (Wildman–Crippen MR) is 177 cm³/mol. The van der Waals surface area contributed by atoms with Gasteiger partial charge in [-0.25, -0.2) is 4.98 Å². The Hall–Kier alpha value is -2.94. The molecule has 3 aromatic carbocycles. The highest BCUT2D eigenvalue weighted by Crippen LogP contribution is 2.41. The summed E-state index contributed by atoms with van der Waals surface area (Å²) in [5.41, 5.74) is 6.77. The van der Waals surface area contributed by atoms with Crippen LogP contribution in [0.2, 0.25) is 10.1 Å². The molecule has 6 nitrogen and oxygen atoms in total. The van der Waals surface area contributed by atoms with E-state index in [1.807, 2.05) is 12.1 Å². The van der Waals surface area contributed by atoms with Crippen molar-refractivity contribution in [3.63, 3.8) is 0 Å². The number of hydrogen-bond acceptors (Lipinski definition) is 6. The van der Waals surface area contributed by atoms with Crippen LogP contribution in [0, 0.1) is 0 Å².